The molecule has 4 N–H and O–H groups in total. The Bertz CT molecular complexity index is 3130. The SMILES string of the molecule is CCCCCCCCCCCCCCCC(=O)OC[C@@H](COP(=O)(O)OCC[N+](C)(C)C)OC(=O)CCCCCCCC(=O)O[C@@H](C(=O)OC1CC2[C@@H](OC(=O)c3ccccc3)[C@@H]3[C@]4(OC(C)=O)CO[C@@H]4C[C@H](O)[C@@]3(C)C(=O)[C@H](O)C(=C1C)C2(C)C)[C@@H](NC(=O)OC(C)(C)C)c1ccccc1. The van der Waals surface area contributed by atoms with E-state index in [1.54, 1.807) is 102 Å². The van der Waals surface area contributed by atoms with Crippen molar-refractivity contribution in [2.75, 3.05) is 54.1 Å². The van der Waals surface area contributed by atoms with E-state index in [-0.39, 0.29) is 68.4 Å². The number of alkyl carbamates (subject to hydrolysis) is 1. The fraction of sp³-hybridized carbons (Fsp3) is 0.711. The normalized spacial score (nSPS) is 24.6. The van der Waals surface area contributed by atoms with Crippen LogP contribution >= 0.6 is 7.82 Å². The predicted octanol–water partition coefficient (Wildman–Crippen LogP) is 12.2. The number of benzene rings is 2. The molecule has 24 nitrogen and oxygen atoms in total. The molecular formula is C76H116N2O22P+. The smallest absolute Gasteiger partial charge is 0.462 e. The molecule has 1 saturated heterocycles. The summed E-state index contributed by atoms with van der Waals surface area (Å²) in [6, 6.07) is 14.9. The third kappa shape index (κ3) is 24.5. The highest BCUT2D eigenvalue weighted by molar-refractivity contribution is 7.47. The monoisotopic (exact) mass is 1440 g/mol. The first-order chi connectivity index (χ1) is 47.6. The number of carbonyl (C=O) groups is 8. The molecule has 4 aliphatic rings. The van der Waals surface area contributed by atoms with Crippen LogP contribution in [-0.2, 0) is 80.3 Å². The van der Waals surface area contributed by atoms with Crippen LogP contribution in [0.15, 0.2) is 71.8 Å². The summed E-state index contributed by atoms with van der Waals surface area (Å²) in [5.41, 5.74) is -4.96. The highest BCUT2D eigenvalue weighted by Gasteiger charge is 2.75. The van der Waals surface area contributed by atoms with Crippen LogP contribution in [0, 0.1) is 22.7 Å². The van der Waals surface area contributed by atoms with Gasteiger partial charge < -0.3 is 62.8 Å². The topological polar surface area (TPSA) is 319 Å². The van der Waals surface area contributed by atoms with E-state index in [1.807, 2.05) is 21.1 Å². The van der Waals surface area contributed by atoms with E-state index < -0.39 is 151 Å². The molecule has 1 amide bonds. The van der Waals surface area contributed by atoms with Crippen molar-refractivity contribution >= 4 is 55.5 Å². The summed E-state index contributed by atoms with van der Waals surface area (Å²) in [6.07, 6.45) is 5.53. The van der Waals surface area contributed by atoms with Gasteiger partial charge in [0, 0.05) is 38.5 Å². The molecule has 3 unspecified atom stereocenters. The highest BCUT2D eigenvalue weighted by atomic mass is 31.2. The molecule has 25 heteroatoms. The van der Waals surface area contributed by atoms with Crippen LogP contribution in [0.4, 0.5) is 4.79 Å². The predicted molar refractivity (Wildman–Crippen MR) is 374 cm³/mol. The molecule has 3 aliphatic carbocycles. The van der Waals surface area contributed by atoms with E-state index in [0.717, 1.165) is 25.7 Å². The third-order valence-corrected chi connectivity index (χ3v) is 21.0. The number of ketones is 1. The molecule has 2 saturated carbocycles. The number of aliphatic hydroxyl groups is 2. The molecule has 1 aliphatic heterocycles. The van der Waals surface area contributed by atoms with Crippen LogP contribution in [0.5, 0.6) is 0 Å². The Balaban J connectivity index is 1.14. The number of rotatable bonds is 41. The van der Waals surface area contributed by atoms with Crippen LogP contribution < -0.4 is 5.32 Å². The molecule has 566 valence electrons. The standard InChI is InChI=1S/C76H115N2O22P/c1-13-14-15-16-17-18-19-20-21-22-23-25-34-41-60(81)91-48-55(49-94-101(89,90)93-45-44-78(10,11)12)95-61(82)42-35-26-24-27-36-43-62(83)97-67(64(53-37-30-28-31-38-53)77-72(88)100-73(4,5)6)71(87)96-57-46-56-66(98-70(86)54-39-32-29-33-40-54)68-75(9,69(85)65(84)63(51(57)2)74(56,7)8)58(80)47-59-76(68,50-92-59)99-52(3)79/h28-33,37-40,55-59,64-68,80,84H,13-27,34-36,41-50H2,1-12H3,(H-,77,88,89,90)/p+1/t55-,56?,57?,58-,59+,64-,65+,66+,67+,68-,75+,76-/m0/s1. The molecule has 0 aromatic heterocycles. The van der Waals surface area contributed by atoms with E-state index >= 15 is 9.59 Å². The second-order valence-corrected chi connectivity index (χ2v) is 32.0. The van der Waals surface area contributed by atoms with E-state index in [2.05, 4.69) is 12.2 Å². The first-order valence-corrected chi connectivity index (χ1v) is 38.0. The van der Waals surface area contributed by atoms with E-state index in [0.29, 0.717) is 48.7 Å². The van der Waals surface area contributed by atoms with Crippen molar-refractivity contribution < 1.29 is 109 Å². The summed E-state index contributed by atoms with van der Waals surface area (Å²) in [4.78, 5) is 123. The number of phosphoric ester groups is 1. The zero-order chi connectivity index (χ0) is 74.3. The van der Waals surface area contributed by atoms with Crippen molar-refractivity contribution in [3.8, 4) is 0 Å². The maximum absolute atomic E-state index is 15.4. The number of quaternary nitrogens is 1. The maximum Gasteiger partial charge on any atom is 0.472 e. The number of phosphoric acid groups is 1. The zero-order valence-electron chi connectivity index (χ0n) is 61.8. The second-order valence-electron chi connectivity index (χ2n) is 30.6. The van der Waals surface area contributed by atoms with E-state index in [1.165, 1.54) is 65.2 Å². The molecule has 0 radical (unpaired) electrons. The lowest BCUT2D eigenvalue weighted by Crippen LogP contribution is -2.79. The zero-order valence-corrected chi connectivity index (χ0v) is 62.7. The van der Waals surface area contributed by atoms with Crippen LogP contribution in [0.25, 0.3) is 0 Å². The number of esters is 6. The Labute approximate surface area is 597 Å². The summed E-state index contributed by atoms with van der Waals surface area (Å²) < 4.78 is 71.8. The molecule has 2 bridgehead atoms. The van der Waals surface area contributed by atoms with Crippen molar-refractivity contribution in [3.63, 3.8) is 0 Å². The Kier molecular flexibility index (Phi) is 32.0. The van der Waals surface area contributed by atoms with Crippen LogP contribution in [0.3, 0.4) is 0 Å². The molecule has 13 atom stereocenters. The van der Waals surface area contributed by atoms with Gasteiger partial charge in [-0.2, -0.15) is 0 Å². The maximum atomic E-state index is 15.4. The van der Waals surface area contributed by atoms with Crippen LogP contribution in [-0.4, -0.2) is 175 Å². The first kappa shape index (κ1) is 83.8. The third-order valence-electron chi connectivity index (χ3n) is 20.0. The van der Waals surface area contributed by atoms with Gasteiger partial charge in [-0.3, -0.25) is 33.0 Å². The van der Waals surface area contributed by atoms with Gasteiger partial charge in [0.15, 0.2) is 17.5 Å². The largest absolute Gasteiger partial charge is 0.472 e. The van der Waals surface area contributed by atoms with Crippen molar-refractivity contribution in [1.29, 1.82) is 0 Å². The summed E-state index contributed by atoms with van der Waals surface area (Å²) in [5.74, 6) is -7.82. The van der Waals surface area contributed by atoms with Crippen molar-refractivity contribution in [2.45, 2.75) is 270 Å². The molecular weight excluding hydrogens is 1320 g/mol. The van der Waals surface area contributed by atoms with Gasteiger partial charge in [0.05, 0.1) is 57.4 Å². The highest BCUT2D eigenvalue weighted by Crippen LogP contribution is 2.63. The fourth-order valence-electron chi connectivity index (χ4n) is 14.6. The Morgan fingerprint density at radius 1 is 0.713 bits per heavy atom. The molecule has 2 aromatic rings. The number of fused-ring (bicyclic) bond motifs is 5. The minimum Gasteiger partial charge on any atom is -0.462 e. The number of hydrogen-bond acceptors (Lipinski definition) is 21. The van der Waals surface area contributed by atoms with Gasteiger partial charge in [0.2, 0.25) is 6.10 Å². The quantitative estimate of drug-likeness (QED) is 0.0120. The van der Waals surface area contributed by atoms with Gasteiger partial charge in [0.1, 0.15) is 55.8 Å². The average molecular weight is 1440 g/mol. The molecule has 0 spiro atoms. The van der Waals surface area contributed by atoms with Crippen LogP contribution in [0.1, 0.15) is 232 Å². The summed E-state index contributed by atoms with van der Waals surface area (Å²) in [5, 5.41) is 27.5. The number of nitrogens with one attached hydrogen (secondary N) is 1. The van der Waals surface area contributed by atoms with Crippen LogP contribution in [0.2, 0.25) is 0 Å². The number of ether oxygens (including phenoxy) is 8. The molecule has 1 heterocycles. The van der Waals surface area contributed by atoms with Gasteiger partial charge in [-0.05, 0) is 94.6 Å². The van der Waals surface area contributed by atoms with Crippen molar-refractivity contribution in [2.24, 2.45) is 22.7 Å². The minimum atomic E-state index is -4.58. The first-order valence-electron chi connectivity index (χ1n) is 36.5. The lowest BCUT2D eigenvalue weighted by Gasteiger charge is -2.65. The fourth-order valence-corrected chi connectivity index (χ4v) is 15.3. The lowest BCUT2D eigenvalue weighted by molar-refractivity contribution is -0.870. The molecule has 3 fully saturated rings. The van der Waals surface area contributed by atoms with Gasteiger partial charge in [0.25, 0.3) is 0 Å². The molecule has 101 heavy (non-hydrogen) atoms. The van der Waals surface area contributed by atoms with Gasteiger partial charge >= 0.3 is 49.7 Å². The Hall–Kier alpha value is -6.11. The number of aliphatic hydroxyl groups excluding tert-OH is 2. The number of nitrogens with zero attached hydrogens (tertiary/aromatic N) is 1. The number of carbonyl (C=O) groups excluding carboxylic acids is 8. The van der Waals surface area contributed by atoms with Gasteiger partial charge in [-0.1, -0.05) is 166 Å². The van der Waals surface area contributed by atoms with Crippen molar-refractivity contribution in [3.05, 3.63) is 82.9 Å². The second kappa shape index (κ2) is 38.6. The number of Topliss-reactive ketones (excluding diaryl/α,β-unsaturated/α-hetero) is 1. The summed E-state index contributed by atoms with van der Waals surface area (Å²) in [7, 11) is 1.10. The van der Waals surface area contributed by atoms with E-state index in [9.17, 15) is 48.4 Å². The Morgan fingerprint density at radius 2 is 1.25 bits per heavy atom. The minimum absolute atomic E-state index is 0.0602. The lowest BCUT2D eigenvalue weighted by atomic mass is 9.46. The molecule has 2 aromatic carbocycles. The van der Waals surface area contributed by atoms with Gasteiger partial charge in [-0.15, -0.1) is 0 Å². The number of likely N-dealkylation sites (N-methyl/N-ethyl adjacent to an activating group) is 1. The van der Waals surface area contributed by atoms with E-state index in [4.69, 9.17) is 46.9 Å². The summed E-state index contributed by atoms with van der Waals surface area (Å²) >= 11 is 0. The number of unbranched alkanes of at least 4 members (excludes halogenated alkanes) is 16. The number of amides is 1. The van der Waals surface area contributed by atoms with Gasteiger partial charge in [-0.25, -0.2) is 18.9 Å². The van der Waals surface area contributed by atoms with Crippen molar-refractivity contribution in [1.82, 2.24) is 5.32 Å². The summed E-state index contributed by atoms with van der Waals surface area (Å²) in [6.45, 7) is 14.1. The number of hydrogen-bond donors (Lipinski definition) is 4. The Morgan fingerprint density at radius 3 is 1.77 bits per heavy atom. The average Bonchev–Trinajstić information content (AvgIpc) is 0.679. The molecule has 6 rings (SSSR count).